The number of esters is 1. The normalized spacial score (nSPS) is 52.9. The van der Waals surface area contributed by atoms with Gasteiger partial charge >= 0.3 is 5.97 Å². The van der Waals surface area contributed by atoms with E-state index in [2.05, 4.69) is 41.5 Å². The Hall–Kier alpha value is -0.940. The van der Waals surface area contributed by atoms with Crippen molar-refractivity contribution in [3.63, 3.8) is 0 Å². The van der Waals surface area contributed by atoms with Crippen LogP contribution < -0.4 is 0 Å². The van der Waals surface area contributed by atoms with Gasteiger partial charge in [-0.2, -0.15) is 0 Å². The molecule has 0 aromatic rings. The fourth-order valence-electron chi connectivity index (χ4n) is 12.4. The van der Waals surface area contributed by atoms with E-state index in [9.17, 15) is 19.8 Å². The fourth-order valence-corrected chi connectivity index (χ4v) is 12.4. The number of aliphatic hydroxyl groups is 2. The summed E-state index contributed by atoms with van der Waals surface area (Å²) in [7, 11) is 0. The summed E-state index contributed by atoms with van der Waals surface area (Å²) in [4.78, 5) is 25.6. The zero-order chi connectivity index (χ0) is 27.6. The minimum absolute atomic E-state index is 0.00581. The van der Waals surface area contributed by atoms with Gasteiger partial charge in [-0.15, -0.1) is 0 Å². The summed E-state index contributed by atoms with van der Waals surface area (Å²) in [6, 6.07) is 0. The van der Waals surface area contributed by atoms with Gasteiger partial charge in [0.2, 0.25) is 0 Å². The molecule has 5 saturated carbocycles. The van der Waals surface area contributed by atoms with Crippen LogP contribution in [-0.2, 0) is 14.3 Å². The molecule has 0 unspecified atom stereocenters. The van der Waals surface area contributed by atoms with Crippen LogP contribution in [-0.4, -0.2) is 39.8 Å². The van der Waals surface area contributed by atoms with Crippen molar-refractivity contribution in [1.29, 1.82) is 0 Å². The van der Waals surface area contributed by atoms with E-state index >= 15 is 0 Å². The molecular formula is C32H52O5. The molecule has 0 aliphatic heterocycles. The van der Waals surface area contributed by atoms with Gasteiger partial charge in [0.15, 0.2) is 0 Å². The molecule has 0 amide bonds. The van der Waals surface area contributed by atoms with Crippen molar-refractivity contribution in [3.05, 3.63) is 0 Å². The average molecular weight is 517 g/mol. The number of ether oxygens (including phenoxy) is 1. The lowest BCUT2D eigenvalue weighted by Crippen LogP contribution is -2.71. The molecule has 5 aliphatic rings. The summed E-state index contributed by atoms with van der Waals surface area (Å²) in [6.45, 7) is 19.1. The van der Waals surface area contributed by atoms with Crippen LogP contribution in [0.5, 0.6) is 0 Å². The molecule has 0 aromatic carbocycles. The third-order valence-corrected chi connectivity index (χ3v) is 13.7. The summed E-state index contributed by atoms with van der Waals surface area (Å²) in [5.41, 5.74) is -1.70. The van der Waals surface area contributed by atoms with E-state index in [0.717, 1.165) is 44.9 Å². The Morgan fingerprint density at radius 2 is 1.49 bits per heavy atom. The Bertz CT molecular complexity index is 980. The molecular weight excluding hydrogens is 464 g/mol. The van der Waals surface area contributed by atoms with Gasteiger partial charge in [-0.25, -0.2) is 0 Å². The van der Waals surface area contributed by atoms with Crippen molar-refractivity contribution in [3.8, 4) is 0 Å². The van der Waals surface area contributed by atoms with E-state index in [1.54, 1.807) is 0 Å². The minimum atomic E-state index is -0.801. The Balaban J connectivity index is 1.61. The third-order valence-electron chi connectivity index (χ3n) is 13.7. The number of carbonyl (C=O) groups is 2. The van der Waals surface area contributed by atoms with Crippen LogP contribution in [0.4, 0.5) is 0 Å². The summed E-state index contributed by atoms with van der Waals surface area (Å²) >= 11 is 0. The number of ketones is 1. The third kappa shape index (κ3) is 3.47. The quantitative estimate of drug-likeness (QED) is 0.444. The van der Waals surface area contributed by atoms with E-state index in [-0.39, 0.29) is 51.5 Å². The second kappa shape index (κ2) is 8.05. The standard InChI is InChI=1S/C32H52O5/c1-18(33)37-21-17-32(9)23(30(7)15-13-24(35)27(2,3)26(21)30)11-10-22-29(6)14-12-19(28(4,5)36)25(29)20(34)16-31(22,32)8/h19-23,25-26,34,36H,10-17H2,1-9H3/t19-,20-,21-,22+,23+,25+,26-,29+,30+,31+,32+/m0/s1. The summed E-state index contributed by atoms with van der Waals surface area (Å²) < 4.78 is 6.16. The van der Waals surface area contributed by atoms with E-state index in [0.29, 0.717) is 24.0 Å². The molecule has 0 heterocycles. The monoisotopic (exact) mass is 516 g/mol. The Labute approximate surface area is 224 Å². The maximum Gasteiger partial charge on any atom is 0.302 e. The molecule has 5 aliphatic carbocycles. The molecule has 0 spiro atoms. The molecule has 37 heavy (non-hydrogen) atoms. The molecule has 5 rings (SSSR count). The minimum Gasteiger partial charge on any atom is -0.462 e. The van der Waals surface area contributed by atoms with Gasteiger partial charge in [0.25, 0.3) is 0 Å². The lowest BCUT2D eigenvalue weighted by Gasteiger charge is -2.74. The van der Waals surface area contributed by atoms with Crippen LogP contribution in [0.1, 0.15) is 114 Å². The zero-order valence-electron chi connectivity index (χ0n) is 24.8. The first-order valence-electron chi connectivity index (χ1n) is 14.9. The van der Waals surface area contributed by atoms with E-state index < -0.39 is 17.1 Å². The smallest absolute Gasteiger partial charge is 0.302 e. The molecule has 5 fully saturated rings. The average Bonchev–Trinajstić information content (AvgIpc) is 3.10. The topological polar surface area (TPSA) is 83.8 Å². The molecule has 0 saturated heterocycles. The van der Waals surface area contributed by atoms with Crippen molar-refractivity contribution in [2.75, 3.05) is 0 Å². The highest BCUT2D eigenvalue weighted by Crippen LogP contribution is 2.78. The van der Waals surface area contributed by atoms with Gasteiger partial charge in [-0.3, -0.25) is 9.59 Å². The summed E-state index contributed by atoms with van der Waals surface area (Å²) in [6.07, 6.45) is 6.42. The molecule has 11 atom stereocenters. The SMILES string of the molecule is CC(=O)O[C@H]1C[C@]2(C)[C@H](CC[C@@H]3[C@@]4(C)CC[C@H](C(C)(C)O)[C@@H]4[C@@H](O)C[C@]32C)[C@@]2(C)CCC(=O)C(C)(C)[C@H]12. The van der Waals surface area contributed by atoms with Gasteiger partial charge in [0, 0.05) is 24.7 Å². The van der Waals surface area contributed by atoms with Gasteiger partial charge in [0.1, 0.15) is 11.9 Å². The van der Waals surface area contributed by atoms with E-state index in [4.69, 9.17) is 4.74 Å². The van der Waals surface area contributed by atoms with Crippen LogP contribution in [0.15, 0.2) is 0 Å². The first-order valence-corrected chi connectivity index (χ1v) is 14.9. The second-order valence-corrected chi connectivity index (χ2v) is 16.1. The molecule has 0 radical (unpaired) electrons. The molecule has 0 aromatic heterocycles. The predicted octanol–water partition coefficient (Wildman–Crippen LogP) is 5.94. The predicted molar refractivity (Wildman–Crippen MR) is 143 cm³/mol. The Morgan fingerprint density at radius 3 is 2.05 bits per heavy atom. The van der Waals surface area contributed by atoms with Crippen LogP contribution in [0, 0.1) is 56.7 Å². The lowest BCUT2D eigenvalue weighted by atomic mass is 9.31. The fraction of sp³-hybridized carbons (Fsp3) is 0.938. The first kappa shape index (κ1) is 27.6. The van der Waals surface area contributed by atoms with Gasteiger partial charge in [-0.1, -0.05) is 41.5 Å². The van der Waals surface area contributed by atoms with Crippen molar-refractivity contribution in [1.82, 2.24) is 0 Å². The number of fused-ring (bicyclic) bond motifs is 7. The number of carbonyl (C=O) groups excluding carboxylic acids is 2. The number of rotatable bonds is 2. The highest BCUT2D eigenvalue weighted by atomic mass is 16.5. The summed E-state index contributed by atoms with van der Waals surface area (Å²) in [5, 5.41) is 22.9. The van der Waals surface area contributed by atoms with Crippen LogP contribution in [0.2, 0.25) is 0 Å². The maximum atomic E-state index is 13.2. The Kier molecular flexibility index (Phi) is 6.01. The van der Waals surface area contributed by atoms with Crippen molar-refractivity contribution in [2.45, 2.75) is 131 Å². The molecule has 0 bridgehead atoms. The van der Waals surface area contributed by atoms with E-state index in [1.165, 1.54) is 6.92 Å². The molecule has 5 heteroatoms. The van der Waals surface area contributed by atoms with Crippen molar-refractivity contribution in [2.24, 2.45) is 56.7 Å². The van der Waals surface area contributed by atoms with E-state index in [1.807, 2.05) is 13.8 Å². The second-order valence-electron chi connectivity index (χ2n) is 16.1. The van der Waals surface area contributed by atoms with Crippen LogP contribution in [0.25, 0.3) is 0 Å². The first-order chi connectivity index (χ1) is 16.8. The van der Waals surface area contributed by atoms with Crippen LogP contribution in [0.3, 0.4) is 0 Å². The largest absolute Gasteiger partial charge is 0.462 e. The number of hydrogen-bond acceptors (Lipinski definition) is 5. The van der Waals surface area contributed by atoms with Crippen LogP contribution >= 0.6 is 0 Å². The van der Waals surface area contributed by atoms with Crippen molar-refractivity contribution >= 4 is 11.8 Å². The van der Waals surface area contributed by atoms with Crippen molar-refractivity contribution < 1.29 is 24.5 Å². The maximum absolute atomic E-state index is 13.2. The lowest BCUT2D eigenvalue weighted by molar-refractivity contribution is -0.279. The molecule has 2 N–H and O–H groups in total. The van der Waals surface area contributed by atoms with Gasteiger partial charge in [-0.05, 0) is 104 Å². The Morgan fingerprint density at radius 1 is 0.919 bits per heavy atom. The highest BCUT2D eigenvalue weighted by Gasteiger charge is 2.74. The molecule has 210 valence electrons. The number of aliphatic hydroxyl groups excluding tert-OH is 1. The van der Waals surface area contributed by atoms with Gasteiger partial charge < -0.3 is 14.9 Å². The van der Waals surface area contributed by atoms with Gasteiger partial charge in [0.05, 0.1) is 11.7 Å². The number of Topliss-reactive ketones (excluding diaryl/α,β-unsaturated/α-hetero) is 1. The molecule has 5 nitrogen and oxygen atoms in total. The zero-order valence-corrected chi connectivity index (χ0v) is 24.8. The number of hydrogen-bond donors (Lipinski definition) is 2. The highest BCUT2D eigenvalue weighted by molar-refractivity contribution is 5.85. The summed E-state index contributed by atoms with van der Waals surface area (Å²) in [5.74, 6) is 1.10.